The summed E-state index contributed by atoms with van der Waals surface area (Å²) in [6, 6.07) is 16.8. The predicted molar refractivity (Wildman–Crippen MR) is 137 cm³/mol. The van der Waals surface area contributed by atoms with Gasteiger partial charge in [0.25, 0.3) is 27.3 Å². The first-order chi connectivity index (χ1) is 17.0. The number of non-ortho nitro benzene ring substituents is 2. The van der Waals surface area contributed by atoms with Gasteiger partial charge in [-0.05, 0) is 55.5 Å². The monoisotopic (exact) mass is 529 g/mol. The van der Waals surface area contributed by atoms with Crippen LogP contribution in [-0.2, 0) is 10.0 Å². The van der Waals surface area contributed by atoms with Crippen LogP contribution in [0.1, 0.15) is 17.3 Å². The molecule has 0 aromatic heterocycles. The minimum Gasteiger partial charge on any atom is -0.332 e. The van der Waals surface area contributed by atoms with Crippen molar-refractivity contribution >= 4 is 56.0 Å². The Kier molecular flexibility index (Phi) is 7.91. The van der Waals surface area contributed by atoms with Gasteiger partial charge in [0.1, 0.15) is 0 Å². The maximum atomic E-state index is 13.1. The Labute approximate surface area is 210 Å². The Balaban J connectivity index is 1.73. The summed E-state index contributed by atoms with van der Waals surface area (Å²) in [4.78, 5) is 32.8. The Morgan fingerprint density at radius 1 is 0.944 bits per heavy atom. The molecule has 0 heterocycles. The number of para-hydroxylation sites is 1. The summed E-state index contributed by atoms with van der Waals surface area (Å²) in [7, 11) is -3.83. The molecule has 0 radical (unpaired) electrons. The molecule has 0 fully saturated rings. The number of rotatable bonds is 8. The summed E-state index contributed by atoms with van der Waals surface area (Å²) in [5.41, 5.74) is -0.704. The molecule has 3 aromatic rings. The lowest BCUT2D eigenvalue weighted by molar-refractivity contribution is -0.394. The second kappa shape index (κ2) is 10.9. The van der Waals surface area contributed by atoms with Gasteiger partial charge in [0.2, 0.25) is 0 Å². The molecule has 12 nitrogen and oxygen atoms in total. The number of thiocarbonyl (C=S) groups is 1. The fourth-order valence-corrected chi connectivity index (χ4v) is 4.88. The summed E-state index contributed by atoms with van der Waals surface area (Å²) < 4.78 is 27.4. The van der Waals surface area contributed by atoms with E-state index in [2.05, 4.69) is 10.6 Å². The second-order valence-corrected chi connectivity index (χ2v) is 9.46. The highest BCUT2D eigenvalue weighted by Gasteiger charge is 2.24. The molecule has 1 amide bonds. The highest BCUT2D eigenvalue weighted by Crippen LogP contribution is 2.25. The highest BCUT2D eigenvalue weighted by molar-refractivity contribution is 7.92. The zero-order valence-electron chi connectivity index (χ0n) is 18.7. The molecule has 0 saturated carbocycles. The number of carbonyl (C=O) groups is 1. The average Bonchev–Trinajstić information content (AvgIpc) is 2.84. The maximum Gasteiger partial charge on any atom is 0.277 e. The lowest BCUT2D eigenvalue weighted by Gasteiger charge is -2.23. The van der Waals surface area contributed by atoms with Crippen molar-refractivity contribution in [1.82, 2.24) is 5.32 Å². The van der Waals surface area contributed by atoms with Gasteiger partial charge in [-0.2, -0.15) is 0 Å². The van der Waals surface area contributed by atoms with Gasteiger partial charge in [0.15, 0.2) is 5.11 Å². The van der Waals surface area contributed by atoms with Crippen LogP contribution in [-0.4, -0.2) is 35.8 Å². The van der Waals surface area contributed by atoms with E-state index in [9.17, 15) is 33.4 Å². The van der Waals surface area contributed by atoms with Crippen LogP contribution >= 0.6 is 12.2 Å². The number of anilines is 2. The normalized spacial score (nSPS) is 10.8. The summed E-state index contributed by atoms with van der Waals surface area (Å²) in [5.74, 6) is -0.903. The molecule has 0 spiro atoms. The molecule has 0 aliphatic rings. The van der Waals surface area contributed by atoms with Gasteiger partial charge in [-0.15, -0.1) is 0 Å². The fraction of sp³-hybridized carbons (Fsp3) is 0.0909. The molecule has 0 unspecified atom stereocenters. The van der Waals surface area contributed by atoms with E-state index >= 15 is 0 Å². The van der Waals surface area contributed by atoms with Gasteiger partial charge >= 0.3 is 0 Å². The number of nitrogens with zero attached hydrogens (tertiary/aromatic N) is 3. The quantitative estimate of drug-likeness (QED) is 0.250. The van der Waals surface area contributed by atoms with Gasteiger partial charge < -0.3 is 5.32 Å². The van der Waals surface area contributed by atoms with E-state index in [4.69, 9.17) is 12.2 Å². The van der Waals surface area contributed by atoms with Crippen LogP contribution in [0.3, 0.4) is 0 Å². The van der Waals surface area contributed by atoms with Crippen molar-refractivity contribution in [2.45, 2.75) is 11.8 Å². The number of sulfonamides is 1. The molecule has 14 heteroatoms. The fourth-order valence-electron chi connectivity index (χ4n) is 3.20. The lowest BCUT2D eigenvalue weighted by Crippen LogP contribution is -2.34. The van der Waals surface area contributed by atoms with Crippen molar-refractivity contribution < 1.29 is 23.1 Å². The van der Waals surface area contributed by atoms with E-state index in [0.717, 1.165) is 18.2 Å². The molecule has 0 atom stereocenters. The Bertz CT molecular complexity index is 1400. The van der Waals surface area contributed by atoms with E-state index in [0.29, 0.717) is 11.4 Å². The Morgan fingerprint density at radius 2 is 1.50 bits per heavy atom. The smallest absolute Gasteiger partial charge is 0.277 e. The zero-order valence-corrected chi connectivity index (χ0v) is 20.3. The van der Waals surface area contributed by atoms with Crippen LogP contribution in [0.15, 0.2) is 77.7 Å². The second-order valence-electron chi connectivity index (χ2n) is 7.19. The number of nitrogens with one attached hydrogen (secondary N) is 2. The van der Waals surface area contributed by atoms with E-state index in [1.807, 2.05) is 0 Å². The first-order valence-electron chi connectivity index (χ1n) is 10.3. The van der Waals surface area contributed by atoms with Gasteiger partial charge in [-0.3, -0.25) is 34.6 Å². The molecule has 0 aliphatic heterocycles. The molecule has 0 saturated heterocycles. The van der Waals surface area contributed by atoms with Gasteiger partial charge in [-0.25, -0.2) is 8.42 Å². The number of nitro benzene ring substituents is 2. The predicted octanol–water partition coefficient (Wildman–Crippen LogP) is 3.85. The minimum atomic E-state index is -3.83. The molecule has 3 rings (SSSR count). The van der Waals surface area contributed by atoms with Crippen molar-refractivity contribution in [1.29, 1.82) is 0 Å². The van der Waals surface area contributed by atoms with Crippen molar-refractivity contribution in [2.24, 2.45) is 0 Å². The molecule has 0 aliphatic carbocycles. The SMILES string of the molecule is CCN(c1ccccc1)S(=O)(=O)c1ccc(NC(=S)NC(=O)c2cc([N+](=O)[O-])cc([N+](=O)[O-])c2)cc1. The number of amides is 1. The molecular formula is C22H19N5O7S2. The van der Waals surface area contributed by atoms with E-state index in [1.165, 1.54) is 28.6 Å². The van der Waals surface area contributed by atoms with Crippen LogP contribution in [0, 0.1) is 20.2 Å². The zero-order chi connectivity index (χ0) is 26.5. The standard InChI is InChI=1S/C22H19N5O7S2/c1-2-25(17-6-4-3-5-7-17)36(33,34)20-10-8-16(9-11-20)23-22(35)24-21(28)15-12-18(26(29)30)14-19(13-15)27(31)32/h3-14H,2H2,1H3,(H2,23,24,28,35). The van der Waals surface area contributed by atoms with Crippen molar-refractivity contribution in [3.63, 3.8) is 0 Å². The number of hydrogen-bond donors (Lipinski definition) is 2. The van der Waals surface area contributed by atoms with Crippen molar-refractivity contribution in [3.05, 3.63) is 98.6 Å². The third-order valence-electron chi connectivity index (χ3n) is 4.84. The van der Waals surface area contributed by atoms with E-state index in [1.54, 1.807) is 37.3 Å². The number of carbonyl (C=O) groups excluding carboxylic acids is 1. The summed E-state index contributed by atoms with van der Waals surface area (Å²) in [6.45, 7) is 1.94. The maximum absolute atomic E-state index is 13.1. The average molecular weight is 530 g/mol. The molecular weight excluding hydrogens is 510 g/mol. The molecule has 2 N–H and O–H groups in total. The first-order valence-corrected chi connectivity index (χ1v) is 12.1. The minimum absolute atomic E-state index is 0.0395. The van der Waals surface area contributed by atoms with Crippen molar-refractivity contribution in [3.8, 4) is 0 Å². The third kappa shape index (κ3) is 5.97. The Morgan fingerprint density at radius 3 is 2.00 bits per heavy atom. The topological polar surface area (TPSA) is 165 Å². The number of nitro groups is 2. The van der Waals surface area contributed by atoms with Gasteiger partial charge in [-0.1, -0.05) is 18.2 Å². The first kappa shape index (κ1) is 26.2. The van der Waals surface area contributed by atoms with E-state index in [-0.39, 0.29) is 22.1 Å². The van der Waals surface area contributed by atoms with Crippen LogP contribution in [0.5, 0.6) is 0 Å². The largest absolute Gasteiger partial charge is 0.332 e. The van der Waals surface area contributed by atoms with Gasteiger partial charge in [0, 0.05) is 24.4 Å². The van der Waals surface area contributed by atoms with Gasteiger partial charge in [0.05, 0.1) is 32.1 Å². The highest BCUT2D eigenvalue weighted by atomic mass is 32.2. The summed E-state index contributed by atoms with van der Waals surface area (Å²) in [5, 5.41) is 26.8. The van der Waals surface area contributed by atoms with Crippen LogP contribution in [0.2, 0.25) is 0 Å². The lowest BCUT2D eigenvalue weighted by atomic mass is 10.1. The molecule has 0 bridgehead atoms. The molecule has 3 aromatic carbocycles. The number of hydrogen-bond acceptors (Lipinski definition) is 8. The summed E-state index contributed by atoms with van der Waals surface area (Å²) in [6.07, 6.45) is 0. The molecule has 186 valence electrons. The number of benzene rings is 3. The van der Waals surface area contributed by atoms with Crippen LogP contribution in [0.25, 0.3) is 0 Å². The van der Waals surface area contributed by atoms with E-state index < -0.39 is 37.2 Å². The van der Waals surface area contributed by atoms with Crippen LogP contribution in [0.4, 0.5) is 22.7 Å². The Hall–Kier alpha value is -4.43. The third-order valence-corrected chi connectivity index (χ3v) is 6.97. The van der Waals surface area contributed by atoms with Crippen molar-refractivity contribution in [2.75, 3.05) is 16.2 Å². The molecule has 36 heavy (non-hydrogen) atoms. The van der Waals surface area contributed by atoms with Crippen LogP contribution < -0.4 is 14.9 Å². The summed E-state index contributed by atoms with van der Waals surface area (Å²) >= 11 is 5.07.